The molecule has 0 spiro atoms. The largest absolute Gasteiger partial charge is 0.338 e. The summed E-state index contributed by atoms with van der Waals surface area (Å²) in [6.45, 7) is 6.40. The van der Waals surface area contributed by atoms with Gasteiger partial charge in [-0.2, -0.15) is 0 Å². The van der Waals surface area contributed by atoms with Crippen molar-refractivity contribution in [2.24, 2.45) is 5.92 Å². The second-order valence-electron chi connectivity index (χ2n) is 7.16. The average molecular weight is 390 g/mol. The lowest BCUT2D eigenvalue weighted by Gasteiger charge is -2.30. The number of benzene rings is 2. The Morgan fingerprint density at radius 1 is 1.15 bits per heavy atom. The fourth-order valence-electron chi connectivity index (χ4n) is 3.17. The molecule has 0 unspecified atom stereocenters. The van der Waals surface area contributed by atoms with E-state index in [2.05, 4.69) is 4.72 Å². The molecule has 7 heteroatoms. The van der Waals surface area contributed by atoms with Crippen molar-refractivity contribution in [2.75, 3.05) is 11.3 Å². The molecule has 0 bridgehead atoms. The van der Waals surface area contributed by atoms with E-state index in [1.807, 2.05) is 19.9 Å². The summed E-state index contributed by atoms with van der Waals surface area (Å²) in [5, 5.41) is 0. The van der Waals surface area contributed by atoms with Crippen molar-refractivity contribution >= 4 is 21.6 Å². The second kappa shape index (κ2) is 7.31. The molecule has 2 aromatic rings. The van der Waals surface area contributed by atoms with Gasteiger partial charge in [0.2, 0.25) is 5.91 Å². The van der Waals surface area contributed by atoms with Gasteiger partial charge >= 0.3 is 0 Å². The van der Waals surface area contributed by atoms with E-state index in [1.54, 1.807) is 17.0 Å². The molecule has 0 fully saturated rings. The zero-order valence-corrected chi connectivity index (χ0v) is 16.4. The lowest BCUT2D eigenvalue weighted by Crippen LogP contribution is -2.38. The molecule has 0 aromatic heterocycles. The van der Waals surface area contributed by atoms with Crippen molar-refractivity contribution < 1.29 is 17.6 Å². The fourth-order valence-corrected chi connectivity index (χ4v) is 4.31. The van der Waals surface area contributed by atoms with Crippen LogP contribution < -0.4 is 4.72 Å². The Labute approximate surface area is 159 Å². The van der Waals surface area contributed by atoms with Crippen molar-refractivity contribution in [1.29, 1.82) is 0 Å². The summed E-state index contributed by atoms with van der Waals surface area (Å²) in [7, 11) is -3.82. The number of amides is 1. The molecule has 0 saturated heterocycles. The molecule has 27 heavy (non-hydrogen) atoms. The van der Waals surface area contributed by atoms with E-state index in [9.17, 15) is 17.6 Å². The Balaban J connectivity index is 1.84. The lowest BCUT2D eigenvalue weighted by atomic mass is 9.98. The number of hydrogen-bond donors (Lipinski definition) is 1. The fraction of sp³-hybridized carbons (Fsp3) is 0.350. The van der Waals surface area contributed by atoms with E-state index in [-0.39, 0.29) is 22.3 Å². The molecular formula is C20H23FN2O3S. The molecule has 5 nitrogen and oxygen atoms in total. The lowest BCUT2D eigenvalue weighted by molar-refractivity contribution is -0.135. The van der Waals surface area contributed by atoms with Gasteiger partial charge in [-0.15, -0.1) is 0 Å². The number of halogens is 1. The molecule has 1 aliphatic heterocycles. The third kappa shape index (κ3) is 4.13. The molecular weight excluding hydrogens is 367 g/mol. The highest BCUT2D eigenvalue weighted by atomic mass is 32.2. The van der Waals surface area contributed by atoms with Gasteiger partial charge < -0.3 is 4.90 Å². The molecule has 0 atom stereocenters. The van der Waals surface area contributed by atoms with E-state index in [0.717, 1.165) is 23.6 Å². The summed E-state index contributed by atoms with van der Waals surface area (Å²) in [5.74, 6) is -0.430. The number of rotatable bonds is 4. The molecule has 2 aromatic carbocycles. The second-order valence-corrected chi connectivity index (χ2v) is 8.85. The van der Waals surface area contributed by atoms with Crippen LogP contribution in [0.4, 0.5) is 10.1 Å². The van der Waals surface area contributed by atoms with Crippen molar-refractivity contribution in [2.45, 2.75) is 38.6 Å². The van der Waals surface area contributed by atoms with Gasteiger partial charge in [0, 0.05) is 24.7 Å². The van der Waals surface area contributed by atoms with Crippen LogP contribution in [0, 0.1) is 18.7 Å². The highest BCUT2D eigenvalue weighted by molar-refractivity contribution is 7.92. The molecule has 0 saturated carbocycles. The summed E-state index contributed by atoms with van der Waals surface area (Å²) in [4.78, 5) is 14.1. The number of aryl methyl sites for hydroxylation is 1. The van der Waals surface area contributed by atoms with Gasteiger partial charge in [-0.3, -0.25) is 9.52 Å². The van der Waals surface area contributed by atoms with Crippen LogP contribution in [0.15, 0.2) is 41.3 Å². The van der Waals surface area contributed by atoms with Gasteiger partial charge in [-0.1, -0.05) is 19.9 Å². The van der Waals surface area contributed by atoms with Crippen LogP contribution in [0.1, 0.15) is 30.5 Å². The third-order valence-electron chi connectivity index (χ3n) is 4.72. The Hall–Kier alpha value is -2.41. The Morgan fingerprint density at radius 2 is 1.89 bits per heavy atom. The van der Waals surface area contributed by atoms with Gasteiger partial charge in [0.05, 0.1) is 4.90 Å². The summed E-state index contributed by atoms with van der Waals surface area (Å²) in [6, 6.07) is 9.06. The molecule has 0 aliphatic carbocycles. The number of nitrogens with one attached hydrogen (secondary N) is 1. The molecule has 0 radical (unpaired) electrons. The number of carbonyl (C=O) groups is 1. The summed E-state index contributed by atoms with van der Waals surface area (Å²) in [5.41, 5.74) is 2.75. The van der Waals surface area contributed by atoms with Crippen LogP contribution in [0.2, 0.25) is 0 Å². The van der Waals surface area contributed by atoms with Crippen LogP contribution in [0.25, 0.3) is 0 Å². The van der Waals surface area contributed by atoms with Crippen molar-refractivity contribution in [3.63, 3.8) is 0 Å². The maximum absolute atomic E-state index is 13.4. The van der Waals surface area contributed by atoms with Crippen molar-refractivity contribution in [3.8, 4) is 0 Å². The van der Waals surface area contributed by atoms with Crippen LogP contribution in [-0.4, -0.2) is 25.8 Å². The van der Waals surface area contributed by atoms with E-state index in [0.29, 0.717) is 18.8 Å². The first-order chi connectivity index (χ1) is 12.7. The molecule has 3 rings (SSSR count). The number of anilines is 1. The molecule has 144 valence electrons. The maximum Gasteiger partial charge on any atom is 0.261 e. The SMILES string of the molecule is Cc1cc(S(=O)(=O)Nc2ccc3c(c2)CN(C(=O)C(C)C)CC3)ccc1F. The van der Waals surface area contributed by atoms with Crippen LogP contribution in [-0.2, 0) is 27.8 Å². The Kier molecular flexibility index (Phi) is 5.24. The minimum Gasteiger partial charge on any atom is -0.338 e. The Bertz CT molecular complexity index is 987. The van der Waals surface area contributed by atoms with E-state index in [1.165, 1.54) is 19.1 Å². The van der Waals surface area contributed by atoms with E-state index < -0.39 is 15.8 Å². The van der Waals surface area contributed by atoms with Gasteiger partial charge in [0.25, 0.3) is 10.0 Å². The molecule has 1 N–H and O–H groups in total. The van der Waals surface area contributed by atoms with Crippen LogP contribution >= 0.6 is 0 Å². The van der Waals surface area contributed by atoms with Crippen molar-refractivity contribution in [1.82, 2.24) is 4.90 Å². The van der Waals surface area contributed by atoms with Crippen LogP contribution in [0.5, 0.6) is 0 Å². The predicted octanol–water partition coefficient (Wildman–Crippen LogP) is 3.48. The predicted molar refractivity (Wildman–Crippen MR) is 102 cm³/mol. The normalized spacial score (nSPS) is 14.2. The number of nitrogens with zero attached hydrogens (tertiary/aromatic N) is 1. The molecule has 1 heterocycles. The number of carbonyl (C=O) groups excluding carboxylic acids is 1. The standard InChI is InChI=1S/C20H23FN2O3S/c1-13(2)20(24)23-9-8-15-4-5-17(11-16(15)12-23)22-27(25,26)18-6-7-19(21)14(3)10-18/h4-7,10-11,13,22H,8-9,12H2,1-3H3. The van der Waals surface area contributed by atoms with Crippen molar-refractivity contribution in [3.05, 3.63) is 58.9 Å². The van der Waals surface area contributed by atoms with E-state index >= 15 is 0 Å². The monoisotopic (exact) mass is 390 g/mol. The Morgan fingerprint density at radius 3 is 2.56 bits per heavy atom. The minimum absolute atomic E-state index is 0.00994. The minimum atomic E-state index is -3.82. The highest BCUT2D eigenvalue weighted by Gasteiger charge is 2.23. The zero-order valence-electron chi connectivity index (χ0n) is 15.6. The number of hydrogen-bond acceptors (Lipinski definition) is 3. The average Bonchev–Trinajstić information content (AvgIpc) is 2.62. The zero-order chi connectivity index (χ0) is 19.8. The molecule has 1 amide bonds. The first kappa shape index (κ1) is 19.4. The van der Waals surface area contributed by atoms with Gasteiger partial charge in [0.1, 0.15) is 5.82 Å². The third-order valence-corrected chi connectivity index (χ3v) is 6.09. The number of sulfonamides is 1. The first-order valence-electron chi connectivity index (χ1n) is 8.87. The first-order valence-corrected chi connectivity index (χ1v) is 10.4. The quantitative estimate of drug-likeness (QED) is 0.869. The smallest absolute Gasteiger partial charge is 0.261 e. The number of fused-ring (bicyclic) bond motifs is 1. The van der Waals surface area contributed by atoms with Crippen LogP contribution in [0.3, 0.4) is 0 Å². The topological polar surface area (TPSA) is 66.5 Å². The highest BCUT2D eigenvalue weighted by Crippen LogP contribution is 2.25. The van der Waals surface area contributed by atoms with Gasteiger partial charge in [0.15, 0.2) is 0 Å². The summed E-state index contributed by atoms with van der Waals surface area (Å²) < 4.78 is 41.2. The van der Waals surface area contributed by atoms with E-state index in [4.69, 9.17) is 0 Å². The molecule has 1 aliphatic rings. The van der Waals surface area contributed by atoms with Gasteiger partial charge in [-0.05, 0) is 60.4 Å². The van der Waals surface area contributed by atoms with Gasteiger partial charge in [-0.25, -0.2) is 12.8 Å². The summed E-state index contributed by atoms with van der Waals surface area (Å²) >= 11 is 0. The summed E-state index contributed by atoms with van der Waals surface area (Å²) in [6.07, 6.45) is 0.748. The maximum atomic E-state index is 13.4.